The van der Waals surface area contributed by atoms with Crippen molar-refractivity contribution in [1.29, 1.82) is 5.26 Å². The summed E-state index contributed by atoms with van der Waals surface area (Å²) >= 11 is 0. The first kappa shape index (κ1) is 21.8. The Morgan fingerprint density at radius 2 is 1.91 bits per heavy atom. The van der Waals surface area contributed by atoms with Crippen molar-refractivity contribution in [2.24, 2.45) is 0 Å². The highest BCUT2D eigenvalue weighted by atomic mass is 16.5. The maximum Gasteiger partial charge on any atom is 0.221 e. The highest BCUT2D eigenvalue weighted by Crippen LogP contribution is 2.28. The summed E-state index contributed by atoms with van der Waals surface area (Å²) in [7, 11) is 0. The van der Waals surface area contributed by atoms with E-state index in [9.17, 15) is 10.1 Å². The van der Waals surface area contributed by atoms with Gasteiger partial charge in [0, 0.05) is 44.0 Å². The maximum atomic E-state index is 11.5. The molecule has 1 saturated heterocycles. The predicted molar refractivity (Wildman–Crippen MR) is 131 cm³/mol. The Bertz CT molecular complexity index is 1400. The van der Waals surface area contributed by atoms with Gasteiger partial charge >= 0.3 is 0 Å². The molecule has 1 N–H and O–H groups in total. The lowest BCUT2D eigenvalue weighted by Crippen LogP contribution is -2.35. The normalized spacial score (nSPS) is 14.1. The lowest BCUT2D eigenvalue weighted by atomic mass is 10.0. The summed E-state index contributed by atoms with van der Waals surface area (Å²) in [5.41, 5.74) is 7.07. The number of carbonyl (C=O) groups excluding carboxylic acids is 1. The minimum Gasteiger partial charge on any atom is -0.379 e. The van der Waals surface area contributed by atoms with E-state index in [2.05, 4.69) is 57.7 Å². The molecule has 5 rings (SSSR count). The SMILES string of the molecule is CC(=O)Nc1cc(C#N)cc(-c2cnc3cc(-c4cccc(CN5CCOCC5)c4)ccn23)c1. The van der Waals surface area contributed by atoms with E-state index in [0.29, 0.717) is 11.3 Å². The van der Waals surface area contributed by atoms with Crippen LogP contribution in [0.2, 0.25) is 0 Å². The lowest BCUT2D eigenvalue weighted by molar-refractivity contribution is -0.114. The van der Waals surface area contributed by atoms with E-state index >= 15 is 0 Å². The molecule has 0 saturated carbocycles. The number of carbonyl (C=O) groups is 1. The molecule has 34 heavy (non-hydrogen) atoms. The van der Waals surface area contributed by atoms with Crippen molar-refractivity contribution in [2.45, 2.75) is 13.5 Å². The van der Waals surface area contributed by atoms with Gasteiger partial charge in [0.2, 0.25) is 5.91 Å². The first-order valence-electron chi connectivity index (χ1n) is 11.3. The highest BCUT2D eigenvalue weighted by Gasteiger charge is 2.13. The number of amides is 1. The number of hydrogen-bond acceptors (Lipinski definition) is 5. The molecular formula is C27H25N5O2. The predicted octanol–water partition coefficient (Wildman–Crippen LogP) is 4.33. The van der Waals surface area contributed by atoms with Gasteiger partial charge in [0.05, 0.1) is 36.7 Å². The second-order valence-electron chi connectivity index (χ2n) is 8.47. The molecule has 7 heteroatoms. The van der Waals surface area contributed by atoms with Gasteiger partial charge in [0.15, 0.2) is 0 Å². The molecule has 1 aliphatic heterocycles. The summed E-state index contributed by atoms with van der Waals surface area (Å²) in [4.78, 5) is 18.5. The molecule has 7 nitrogen and oxygen atoms in total. The number of morpholine rings is 1. The third-order valence-corrected chi connectivity index (χ3v) is 5.96. The van der Waals surface area contributed by atoms with Crippen molar-refractivity contribution in [1.82, 2.24) is 14.3 Å². The van der Waals surface area contributed by atoms with E-state index in [4.69, 9.17) is 4.74 Å². The van der Waals surface area contributed by atoms with Crippen molar-refractivity contribution >= 4 is 17.2 Å². The van der Waals surface area contributed by atoms with Gasteiger partial charge in [-0.15, -0.1) is 0 Å². The first-order valence-corrected chi connectivity index (χ1v) is 11.3. The summed E-state index contributed by atoms with van der Waals surface area (Å²) in [6.45, 7) is 5.88. The van der Waals surface area contributed by atoms with Gasteiger partial charge in [0.25, 0.3) is 0 Å². The Hall–Kier alpha value is -3.99. The standard InChI is InChI=1S/C27H25N5O2/c1-19(33)30-25-13-21(16-28)12-24(14-25)26-17-29-27-15-23(5-6-32(26)27)22-4-2-3-20(11-22)18-31-7-9-34-10-8-31/h2-6,11-15,17H,7-10,18H2,1H3,(H,30,33). The lowest BCUT2D eigenvalue weighted by Gasteiger charge is -2.26. The fraction of sp³-hybridized carbons (Fsp3) is 0.222. The van der Waals surface area contributed by atoms with Gasteiger partial charge in [-0.3, -0.25) is 14.1 Å². The van der Waals surface area contributed by atoms with Crippen molar-refractivity contribution in [3.05, 3.63) is 78.1 Å². The van der Waals surface area contributed by atoms with Crippen LogP contribution in [0, 0.1) is 11.3 Å². The zero-order valence-corrected chi connectivity index (χ0v) is 19.0. The molecule has 170 valence electrons. The number of nitrogens with one attached hydrogen (secondary N) is 1. The number of imidazole rings is 1. The first-order chi connectivity index (χ1) is 16.6. The average Bonchev–Trinajstić information content (AvgIpc) is 3.27. The van der Waals surface area contributed by atoms with E-state index in [1.807, 2.05) is 16.7 Å². The van der Waals surface area contributed by atoms with Crippen LogP contribution < -0.4 is 5.32 Å². The number of pyridine rings is 1. The Morgan fingerprint density at radius 3 is 2.71 bits per heavy atom. The number of aromatic nitrogens is 2. The summed E-state index contributed by atoms with van der Waals surface area (Å²) in [6.07, 6.45) is 3.79. The Balaban J connectivity index is 1.45. The second-order valence-corrected chi connectivity index (χ2v) is 8.47. The molecule has 1 fully saturated rings. The Labute approximate surface area is 198 Å². The third kappa shape index (κ3) is 4.69. The number of benzene rings is 2. The maximum absolute atomic E-state index is 11.5. The molecule has 0 radical (unpaired) electrons. The average molecular weight is 452 g/mol. The van der Waals surface area contributed by atoms with E-state index in [-0.39, 0.29) is 5.91 Å². The Kier molecular flexibility index (Phi) is 6.09. The van der Waals surface area contributed by atoms with Crippen LogP contribution in [-0.2, 0) is 16.1 Å². The number of rotatable bonds is 5. The second kappa shape index (κ2) is 9.48. The highest BCUT2D eigenvalue weighted by molar-refractivity contribution is 5.90. The number of anilines is 1. The van der Waals surface area contributed by atoms with Crippen LogP contribution >= 0.6 is 0 Å². The van der Waals surface area contributed by atoms with Crippen molar-refractivity contribution < 1.29 is 9.53 Å². The van der Waals surface area contributed by atoms with E-state index < -0.39 is 0 Å². The number of nitriles is 1. The summed E-state index contributed by atoms with van der Waals surface area (Å²) in [5, 5.41) is 12.2. The van der Waals surface area contributed by atoms with Gasteiger partial charge in [-0.05, 0) is 53.1 Å². The third-order valence-electron chi connectivity index (χ3n) is 5.96. The molecule has 2 aromatic heterocycles. The molecule has 1 amide bonds. The van der Waals surface area contributed by atoms with E-state index in [1.165, 1.54) is 12.5 Å². The molecule has 2 aromatic carbocycles. The van der Waals surface area contributed by atoms with Crippen molar-refractivity contribution in [3.63, 3.8) is 0 Å². The number of hydrogen-bond donors (Lipinski definition) is 1. The number of fused-ring (bicyclic) bond motifs is 1. The molecular weight excluding hydrogens is 426 g/mol. The van der Waals surface area contributed by atoms with Gasteiger partial charge in [-0.2, -0.15) is 5.26 Å². The van der Waals surface area contributed by atoms with Crippen LogP contribution in [-0.4, -0.2) is 46.5 Å². The van der Waals surface area contributed by atoms with Crippen molar-refractivity contribution in [2.75, 3.05) is 31.6 Å². The van der Waals surface area contributed by atoms with Crippen LogP contribution in [0.3, 0.4) is 0 Å². The van der Waals surface area contributed by atoms with Crippen LogP contribution in [0.15, 0.2) is 67.0 Å². The Morgan fingerprint density at radius 1 is 1.09 bits per heavy atom. The minimum absolute atomic E-state index is 0.181. The topological polar surface area (TPSA) is 82.7 Å². The minimum atomic E-state index is -0.181. The molecule has 4 aromatic rings. The largest absolute Gasteiger partial charge is 0.379 e. The van der Waals surface area contributed by atoms with Crippen LogP contribution in [0.25, 0.3) is 28.0 Å². The quantitative estimate of drug-likeness (QED) is 0.488. The zero-order chi connectivity index (χ0) is 23.5. The monoisotopic (exact) mass is 451 g/mol. The summed E-state index contributed by atoms with van der Waals surface area (Å²) in [6, 6.07) is 20.3. The fourth-order valence-electron chi connectivity index (χ4n) is 4.36. The molecule has 0 spiro atoms. The molecule has 0 unspecified atom stereocenters. The zero-order valence-electron chi connectivity index (χ0n) is 19.0. The van der Waals surface area contributed by atoms with Gasteiger partial charge in [-0.1, -0.05) is 18.2 Å². The van der Waals surface area contributed by atoms with Crippen LogP contribution in [0.5, 0.6) is 0 Å². The van der Waals surface area contributed by atoms with Gasteiger partial charge < -0.3 is 10.1 Å². The molecule has 0 atom stereocenters. The molecule has 0 bridgehead atoms. The summed E-state index contributed by atoms with van der Waals surface area (Å²) < 4.78 is 7.45. The van der Waals surface area contributed by atoms with E-state index in [1.54, 1.807) is 18.3 Å². The fourth-order valence-corrected chi connectivity index (χ4v) is 4.36. The summed E-state index contributed by atoms with van der Waals surface area (Å²) in [5.74, 6) is -0.181. The van der Waals surface area contributed by atoms with E-state index in [0.717, 1.165) is 60.9 Å². The number of nitrogens with zero attached hydrogens (tertiary/aromatic N) is 4. The molecule has 1 aliphatic rings. The van der Waals surface area contributed by atoms with Gasteiger partial charge in [0.1, 0.15) is 5.65 Å². The van der Waals surface area contributed by atoms with Crippen LogP contribution in [0.1, 0.15) is 18.1 Å². The molecule has 0 aliphatic carbocycles. The van der Waals surface area contributed by atoms with Crippen molar-refractivity contribution in [3.8, 4) is 28.5 Å². The van der Waals surface area contributed by atoms with Crippen LogP contribution in [0.4, 0.5) is 5.69 Å². The smallest absolute Gasteiger partial charge is 0.221 e. The molecule has 3 heterocycles. The van der Waals surface area contributed by atoms with Gasteiger partial charge in [-0.25, -0.2) is 4.98 Å². The number of ether oxygens (including phenoxy) is 1.